The summed E-state index contributed by atoms with van der Waals surface area (Å²) < 4.78 is 47.5. The van der Waals surface area contributed by atoms with Crippen molar-refractivity contribution in [3.8, 4) is 0 Å². The van der Waals surface area contributed by atoms with Crippen molar-refractivity contribution in [2.75, 3.05) is 18.1 Å². The zero-order valence-electron chi connectivity index (χ0n) is 15.2. The van der Waals surface area contributed by atoms with E-state index in [-0.39, 0.29) is 24.1 Å². The lowest BCUT2D eigenvalue weighted by Crippen LogP contribution is -2.29. The Hall–Kier alpha value is -2.09. The predicted molar refractivity (Wildman–Crippen MR) is 94.4 cm³/mol. The van der Waals surface area contributed by atoms with Gasteiger partial charge in [0.05, 0.1) is 5.56 Å². The van der Waals surface area contributed by atoms with Gasteiger partial charge >= 0.3 is 6.18 Å². The quantitative estimate of drug-likeness (QED) is 0.789. The van der Waals surface area contributed by atoms with Crippen LogP contribution in [-0.2, 0) is 24.5 Å². The van der Waals surface area contributed by atoms with Crippen LogP contribution in [0.3, 0.4) is 0 Å². The fourth-order valence-corrected chi connectivity index (χ4v) is 3.76. The molecule has 27 heavy (non-hydrogen) atoms. The molecule has 0 radical (unpaired) electrons. The first-order valence-electron chi connectivity index (χ1n) is 9.34. The summed E-state index contributed by atoms with van der Waals surface area (Å²) in [4.78, 5) is 1.97. The van der Waals surface area contributed by atoms with Gasteiger partial charge in [0.1, 0.15) is 5.82 Å². The fraction of sp³-hybridized carbons (Fsp3) is 0.579. The van der Waals surface area contributed by atoms with Crippen LogP contribution >= 0.6 is 0 Å². The SMILES string of the molecule is Cn1c(C2CCOCC2)nnc1N(Cc1ccccc1C(F)(F)F)C1CC1. The van der Waals surface area contributed by atoms with E-state index >= 15 is 0 Å². The standard InChI is InChI=1S/C19H23F3N4O/c1-25-17(13-8-10-27-11-9-13)23-24-18(25)26(15-6-7-15)12-14-4-2-3-5-16(14)19(20,21)22/h2-5,13,15H,6-12H2,1H3. The molecule has 1 aliphatic heterocycles. The molecule has 2 fully saturated rings. The van der Waals surface area contributed by atoms with Gasteiger partial charge in [-0.05, 0) is 37.3 Å². The summed E-state index contributed by atoms with van der Waals surface area (Å²) in [5.74, 6) is 1.83. The van der Waals surface area contributed by atoms with Crippen LogP contribution in [0.1, 0.15) is 48.6 Å². The molecule has 0 unspecified atom stereocenters. The third-order valence-electron chi connectivity index (χ3n) is 5.38. The van der Waals surface area contributed by atoms with Crippen LogP contribution < -0.4 is 4.90 Å². The van der Waals surface area contributed by atoms with E-state index in [2.05, 4.69) is 10.2 Å². The van der Waals surface area contributed by atoms with Gasteiger partial charge in [0, 0.05) is 38.8 Å². The largest absolute Gasteiger partial charge is 0.416 e. The highest BCUT2D eigenvalue weighted by atomic mass is 19.4. The first kappa shape index (κ1) is 18.3. The molecule has 5 nitrogen and oxygen atoms in total. The van der Waals surface area contributed by atoms with Gasteiger partial charge in [0.2, 0.25) is 5.95 Å². The minimum Gasteiger partial charge on any atom is -0.381 e. The van der Waals surface area contributed by atoms with Crippen LogP contribution in [0.25, 0.3) is 0 Å². The van der Waals surface area contributed by atoms with E-state index in [1.165, 1.54) is 6.07 Å². The monoisotopic (exact) mass is 380 g/mol. The Morgan fingerprint density at radius 3 is 2.48 bits per heavy atom. The highest BCUT2D eigenvalue weighted by Crippen LogP contribution is 2.37. The first-order chi connectivity index (χ1) is 12.9. The van der Waals surface area contributed by atoms with Gasteiger partial charge in [0.15, 0.2) is 0 Å². The molecular weight excluding hydrogens is 357 g/mol. The second-order valence-corrected chi connectivity index (χ2v) is 7.32. The van der Waals surface area contributed by atoms with Crippen molar-refractivity contribution >= 4 is 5.95 Å². The smallest absolute Gasteiger partial charge is 0.381 e. The van der Waals surface area contributed by atoms with Crippen molar-refractivity contribution in [2.24, 2.45) is 7.05 Å². The van der Waals surface area contributed by atoms with Gasteiger partial charge in [-0.25, -0.2) is 0 Å². The summed E-state index contributed by atoms with van der Waals surface area (Å²) in [6.45, 7) is 1.59. The highest BCUT2D eigenvalue weighted by Gasteiger charge is 2.37. The molecule has 8 heteroatoms. The van der Waals surface area contributed by atoms with Gasteiger partial charge in [-0.1, -0.05) is 18.2 Å². The maximum Gasteiger partial charge on any atom is 0.416 e. The molecule has 0 amide bonds. The molecule has 1 saturated carbocycles. The molecule has 146 valence electrons. The van der Waals surface area contributed by atoms with Crippen LogP contribution in [0.15, 0.2) is 24.3 Å². The van der Waals surface area contributed by atoms with Crippen LogP contribution in [0, 0.1) is 0 Å². The molecule has 0 bridgehead atoms. The van der Waals surface area contributed by atoms with Crippen molar-refractivity contribution in [3.63, 3.8) is 0 Å². The molecule has 1 aliphatic carbocycles. The number of aromatic nitrogens is 3. The second kappa shape index (κ2) is 7.14. The van der Waals surface area contributed by atoms with E-state index in [1.54, 1.807) is 12.1 Å². The van der Waals surface area contributed by atoms with Crippen molar-refractivity contribution in [1.82, 2.24) is 14.8 Å². The van der Waals surface area contributed by atoms with E-state index < -0.39 is 11.7 Å². The summed E-state index contributed by atoms with van der Waals surface area (Å²) in [7, 11) is 1.91. The molecule has 2 aromatic rings. The van der Waals surface area contributed by atoms with E-state index in [9.17, 15) is 13.2 Å². The van der Waals surface area contributed by atoms with Gasteiger partial charge in [-0.15, -0.1) is 10.2 Å². The topological polar surface area (TPSA) is 43.2 Å². The molecular formula is C19H23F3N4O. The molecule has 1 aromatic heterocycles. The van der Waals surface area contributed by atoms with Crippen molar-refractivity contribution in [3.05, 3.63) is 41.2 Å². The molecule has 1 aromatic carbocycles. The summed E-state index contributed by atoms with van der Waals surface area (Å²) >= 11 is 0. The molecule has 1 saturated heterocycles. The number of hydrogen-bond acceptors (Lipinski definition) is 4. The zero-order valence-corrected chi connectivity index (χ0v) is 15.2. The highest BCUT2D eigenvalue weighted by molar-refractivity contribution is 5.40. The number of halogens is 3. The number of alkyl halides is 3. The molecule has 4 rings (SSSR count). The number of ether oxygens (including phenoxy) is 1. The number of rotatable bonds is 5. The average Bonchev–Trinajstić information content (AvgIpc) is 3.42. The normalized spacial score (nSPS) is 18.7. The lowest BCUT2D eigenvalue weighted by Gasteiger charge is -2.26. The molecule has 0 spiro atoms. The Labute approximate surface area is 156 Å². The first-order valence-corrected chi connectivity index (χ1v) is 9.34. The van der Waals surface area contributed by atoms with Crippen molar-refractivity contribution in [1.29, 1.82) is 0 Å². The van der Waals surface area contributed by atoms with Crippen LogP contribution in [0.4, 0.5) is 19.1 Å². The maximum atomic E-state index is 13.4. The molecule has 2 heterocycles. The predicted octanol–water partition coefficient (Wildman–Crippen LogP) is 3.90. The van der Waals surface area contributed by atoms with Crippen LogP contribution in [0.2, 0.25) is 0 Å². The second-order valence-electron chi connectivity index (χ2n) is 7.32. The Bertz CT molecular complexity index is 794. The van der Waals surface area contributed by atoms with E-state index in [0.717, 1.165) is 37.6 Å². The van der Waals surface area contributed by atoms with Crippen LogP contribution in [0.5, 0.6) is 0 Å². The van der Waals surface area contributed by atoms with Crippen LogP contribution in [-0.4, -0.2) is 34.0 Å². The molecule has 2 aliphatic rings. The average molecular weight is 380 g/mol. The summed E-state index contributed by atoms with van der Waals surface area (Å²) in [5.41, 5.74) is -0.310. The number of hydrogen-bond donors (Lipinski definition) is 0. The summed E-state index contributed by atoms with van der Waals surface area (Å²) in [6.07, 6.45) is -0.640. The Morgan fingerprint density at radius 2 is 1.81 bits per heavy atom. The Balaban J connectivity index is 1.63. The number of benzene rings is 1. The zero-order chi connectivity index (χ0) is 19.0. The Kier molecular flexibility index (Phi) is 4.84. The minimum absolute atomic E-state index is 0.181. The van der Waals surface area contributed by atoms with E-state index in [0.29, 0.717) is 19.2 Å². The number of nitrogens with zero attached hydrogens (tertiary/aromatic N) is 4. The molecule has 0 N–H and O–H groups in total. The van der Waals surface area contributed by atoms with E-state index in [1.807, 2.05) is 16.5 Å². The van der Waals surface area contributed by atoms with E-state index in [4.69, 9.17) is 4.74 Å². The van der Waals surface area contributed by atoms with Gasteiger partial charge in [-0.2, -0.15) is 13.2 Å². The minimum atomic E-state index is -4.36. The fourth-order valence-electron chi connectivity index (χ4n) is 3.76. The summed E-state index contributed by atoms with van der Waals surface area (Å²) in [5, 5.41) is 8.73. The van der Waals surface area contributed by atoms with Gasteiger partial charge in [-0.3, -0.25) is 0 Å². The van der Waals surface area contributed by atoms with Gasteiger partial charge < -0.3 is 14.2 Å². The Morgan fingerprint density at radius 1 is 1.11 bits per heavy atom. The number of anilines is 1. The van der Waals surface area contributed by atoms with Gasteiger partial charge in [0.25, 0.3) is 0 Å². The third kappa shape index (κ3) is 3.81. The van der Waals surface area contributed by atoms with Crippen molar-refractivity contribution < 1.29 is 17.9 Å². The lowest BCUT2D eigenvalue weighted by atomic mass is 10.00. The van der Waals surface area contributed by atoms with Crippen molar-refractivity contribution in [2.45, 2.75) is 50.4 Å². The maximum absolute atomic E-state index is 13.4. The lowest BCUT2D eigenvalue weighted by molar-refractivity contribution is -0.138. The molecule has 0 atom stereocenters. The third-order valence-corrected chi connectivity index (χ3v) is 5.38. The summed E-state index contributed by atoms with van der Waals surface area (Å²) in [6, 6.07) is 5.99.